The molecule has 8 heteroatoms. The molecule has 2 heterocycles. The van der Waals surface area contributed by atoms with Gasteiger partial charge in [-0.15, -0.1) is 0 Å². The van der Waals surface area contributed by atoms with Crippen LogP contribution in [0.2, 0.25) is 0 Å². The van der Waals surface area contributed by atoms with Gasteiger partial charge in [-0.05, 0) is 31.5 Å². The van der Waals surface area contributed by atoms with Gasteiger partial charge in [0.15, 0.2) is 5.65 Å². The standard InChI is InChI=1S/C19H19F3N4O/c1-12(2)26-17-14(10-24-26)8-15(9-23-17)18(27)25(3)11-13-6-4-5-7-16(13)19(20,21)22/h4-10,12H,11H2,1-3H3. The van der Waals surface area contributed by atoms with Crippen molar-refractivity contribution in [3.8, 4) is 0 Å². The highest BCUT2D eigenvalue weighted by Crippen LogP contribution is 2.32. The van der Waals surface area contributed by atoms with Crippen LogP contribution in [0, 0.1) is 0 Å². The van der Waals surface area contributed by atoms with Gasteiger partial charge in [-0.3, -0.25) is 4.79 Å². The van der Waals surface area contributed by atoms with E-state index in [-0.39, 0.29) is 18.2 Å². The predicted octanol–water partition coefficient (Wildman–Crippen LogP) is 4.30. The number of carbonyl (C=O) groups is 1. The Kier molecular flexibility index (Phi) is 4.91. The second-order valence-electron chi connectivity index (χ2n) is 6.64. The minimum Gasteiger partial charge on any atom is -0.337 e. The zero-order valence-corrected chi connectivity index (χ0v) is 15.2. The number of amides is 1. The molecule has 0 atom stereocenters. The Balaban J connectivity index is 1.85. The van der Waals surface area contributed by atoms with E-state index >= 15 is 0 Å². The first kappa shape index (κ1) is 18.9. The Morgan fingerprint density at radius 2 is 1.93 bits per heavy atom. The average Bonchev–Trinajstić information content (AvgIpc) is 3.04. The lowest BCUT2D eigenvalue weighted by Gasteiger charge is -2.20. The number of hydrogen-bond donors (Lipinski definition) is 0. The van der Waals surface area contributed by atoms with Crippen molar-refractivity contribution in [1.29, 1.82) is 0 Å². The summed E-state index contributed by atoms with van der Waals surface area (Å²) in [5, 5.41) is 4.96. The number of halogens is 3. The molecule has 0 saturated carbocycles. The summed E-state index contributed by atoms with van der Waals surface area (Å²) in [6.45, 7) is 3.79. The number of pyridine rings is 1. The maximum Gasteiger partial charge on any atom is 0.416 e. The summed E-state index contributed by atoms with van der Waals surface area (Å²) in [4.78, 5) is 18.2. The van der Waals surface area contributed by atoms with Crippen molar-refractivity contribution in [3.05, 3.63) is 59.4 Å². The molecule has 0 spiro atoms. The molecule has 0 unspecified atom stereocenters. The molecule has 1 amide bonds. The van der Waals surface area contributed by atoms with Crippen LogP contribution in [0.4, 0.5) is 13.2 Å². The van der Waals surface area contributed by atoms with Crippen LogP contribution in [0.15, 0.2) is 42.7 Å². The van der Waals surface area contributed by atoms with Crippen LogP contribution < -0.4 is 0 Å². The third-order valence-electron chi connectivity index (χ3n) is 4.25. The molecule has 0 radical (unpaired) electrons. The van der Waals surface area contributed by atoms with E-state index in [9.17, 15) is 18.0 Å². The van der Waals surface area contributed by atoms with Gasteiger partial charge >= 0.3 is 6.18 Å². The molecular weight excluding hydrogens is 357 g/mol. The van der Waals surface area contributed by atoms with Gasteiger partial charge in [0.2, 0.25) is 0 Å². The Morgan fingerprint density at radius 1 is 1.22 bits per heavy atom. The smallest absolute Gasteiger partial charge is 0.337 e. The Morgan fingerprint density at radius 3 is 2.59 bits per heavy atom. The number of benzene rings is 1. The average molecular weight is 376 g/mol. The van der Waals surface area contributed by atoms with E-state index in [1.807, 2.05) is 13.8 Å². The quantitative estimate of drug-likeness (QED) is 0.682. The Bertz CT molecular complexity index is 978. The fourth-order valence-electron chi connectivity index (χ4n) is 2.92. The van der Waals surface area contributed by atoms with Gasteiger partial charge < -0.3 is 4.90 Å². The highest BCUT2D eigenvalue weighted by Gasteiger charge is 2.33. The van der Waals surface area contributed by atoms with Gasteiger partial charge in [0, 0.05) is 31.2 Å². The van der Waals surface area contributed by atoms with Gasteiger partial charge in [0.05, 0.1) is 17.3 Å². The zero-order chi connectivity index (χ0) is 19.8. The summed E-state index contributed by atoms with van der Waals surface area (Å²) in [7, 11) is 1.47. The Labute approximate surface area is 154 Å². The molecule has 0 aliphatic heterocycles. The summed E-state index contributed by atoms with van der Waals surface area (Å²) in [5.74, 6) is -0.404. The maximum atomic E-state index is 13.1. The SMILES string of the molecule is CC(C)n1ncc2cc(C(=O)N(C)Cc3ccccc3C(F)(F)F)cnc21. The lowest BCUT2D eigenvalue weighted by molar-refractivity contribution is -0.138. The van der Waals surface area contributed by atoms with Crippen LogP contribution in [-0.4, -0.2) is 32.6 Å². The van der Waals surface area contributed by atoms with E-state index in [4.69, 9.17) is 0 Å². The highest BCUT2D eigenvalue weighted by atomic mass is 19.4. The predicted molar refractivity (Wildman–Crippen MR) is 95.2 cm³/mol. The number of hydrogen-bond acceptors (Lipinski definition) is 3. The second kappa shape index (κ2) is 7.02. The van der Waals surface area contributed by atoms with Gasteiger partial charge in [-0.25, -0.2) is 9.67 Å². The lowest BCUT2D eigenvalue weighted by Crippen LogP contribution is -2.27. The van der Waals surface area contributed by atoms with Crippen molar-refractivity contribution in [3.63, 3.8) is 0 Å². The first-order chi connectivity index (χ1) is 12.7. The molecule has 0 aliphatic carbocycles. The summed E-state index contributed by atoms with van der Waals surface area (Å²) in [6.07, 6.45) is -1.41. The molecule has 2 aromatic heterocycles. The van der Waals surface area contributed by atoms with Crippen molar-refractivity contribution in [2.45, 2.75) is 32.6 Å². The molecule has 5 nitrogen and oxygen atoms in total. The maximum absolute atomic E-state index is 13.1. The summed E-state index contributed by atoms with van der Waals surface area (Å²) >= 11 is 0. The molecule has 0 N–H and O–H groups in total. The molecule has 0 bridgehead atoms. The molecule has 27 heavy (non-hydrogen) atoms. The van der Waals surface area contributed by atoms with Gasteiger partial charge in [0.25, 0.3) is 5.91 Å². The van der Waals surface area contributed by atoms with E-state index in [0.717, 1.165) is 6.07 Å². The molecule has 3 aromatic rings. The molecule has 1 aromatic carbocycles. The van der Waals surface area contributed by atoms with Crippen molar-refractivity contribution in [1.82, 2.24) is 19.7 Å². The summed E-state index contributed by atoms with van der Waals surface area (Å²) in [5.41, 5.74) is 0.267. The molecule has 0 aliphatic rings. The molecule has 3 rings (SSSR count). The van der Waals surface area contributed by atoms with Gasteiger partial charge in [0.1, 0.15) is 0 Å². The van der Waals surface area contributed by atoms with Crippen molar-refractivity contribution < 1.29 is 18.0 Å². The largest absolute Gasteiger partial charge is 0.416 e. The van der Waals surface area contributed by atoms with Crippen LogP contribution in [0.3, 0.4) is 0 Å². The number of fused-ring (bicyclic) bond motifs is 1. The first-order valence-corrected chi connectivity index (χ1v) is 8.42. The minimum absolute atomic E-state index is 0.0440. The number of carbonyl (C=O) groups excluding carboxylic acids is 1. The first-order valence-electron chi connectivity index (χ1n) is 8.42. The van der Waals surface area contributed by atoms with Crippen LogP contribution in [0.1, 0.15) is 41.4 Å². The van der Waals surface area contributed by atoms with Crippen LogP contribution in [0.5, 0.6) is 0 Å². The van der Waals surface area contributed by atoms with Crippen LogP contribution >= 0.6 is 0 Å². The summed E-state index contributed by atoms with van der Waals surface area (Å²) in [6, 6.07) is 7.03. The van der Waals surface area contributed by atoms with E-state index in [1.165, 1.54) is 36.3 Å². The Hall–Kier alpha value is -2.90. The van der Waals surface area contributed by atoms with Crippen LogP contribution in [0.25, 0.3) is 11.0 Å². The van der Waals surface area contributed by atoms with E-state index in [1.54, 1.807) is 16.9 Å². The molecule has 142 valence electrons. The van der Waals surface area contributed by atoms with Crippen LogP contribution in [-0.2, 0) is 12.7 Å². The van der Waals surface area contributed by atoms with Gasteiger partial charge in [-0.1, -0.05) is 18.2 Å². The third kappa shape index (κ3) is 3.79. The molecular formula is C19H19F3N4O. The van der Waals surface area contributed by atoms with Gasteiger partial charge in [-0.2, -0.15) is 18.3 Å². The number of alkyl halides is 3. The van der Waals surface area contributed by atoms with Crippen molar-refractivity contribution in [2.24, 2.45) is 0 Å². The number of nitrogens with zero attached hydrogens (tertiary/aromatic N) is 4. The molecule has 0 saturated heterocycles. The topological polar surface area (TPSA) is 51.0 Å². The third-order valence-corrected chi connectivity index (χ3v) is 4.25. The monoisotopic (exact) mass is 376 g/mol. The normalized spacial score (nSPS) is 12.0. The van der Waals surface area contributed by atoms with Crippen molar-refractivity contribution >= 4 is 16.9 Å². The second-order valence-corrected chi connectivity index (χ2v) is 6.64. The van der Waals surface area contributed by atoms with E-state index < -0.39 is 17.6 Å². The van der Waals surface area contributed by atoms with E-state index in [0.29, 0.717) is 16.6 Å². The fourth-order valence-corrected chi connectivity index (χ4v) is 2.92. The number of aromatic nitrogens is 3. The lowest BCUT2D eigenvalue weighted by atomic mass is 10.1. The molecule has 0 fully saturated rings. The van der Waals surface area contributed by atoms with Crippen molar-refractivity contribution in [2.75, 3.05) is 7.05 Å². The number of rotatable bonds is 4. The fraction of sp³-hybridized carbons (Fsp3) is 0.316. The minimum atomic E-state index is -4.47. The van der Waals surface area contributed by atoms with E-state index in [2.05, 4.69) is 10.1 Å². The summed E-state index contributed by atoms with van der Waals surface area (Å²) < 4.78 is 41.2. The zero-order valence-electron chi connectivity index (χ0n) is 15.2. The highest BCUT2D eigenvalue weighted by molar-refractivity contribution is 5.96.